The third kappa shape index (κ3) is 6.51. The van der Waals surface area contributed by atoms with Crippen LogP contribution < -0.4 is 20.3 Å². The number of hydrogen-bond donors (Lipinski definition) is 2. The smallest absolute Gasteiger partial charge is 0.191 e. The molecule has 3 rings (SSSR count). The molecular weight excluding hydrogens is 505 g/mol. The van der Waals surface area contributed by atoms with Gasteiger partial charge >= 0.3 is 0 Å². The van der Waals surface area contributed by atoms with Crippen molar-refractivity contribution < 1.29 is 9.26 Å². The van der Waals surface area contributed by atoms with E-state index in [1.54, 1.807) is 7.11 Å². The Labute approximate surface area is 203 Å². The maximum atomic E-state index is 5.53. The second-order valence-corrected chi connectivity index (χ2v) is 7.59. The summed E-state index contributed by atoms with van der Waals surface area (Å²) in [6, 6.07) is 8.24. The SMILES string of the molecule is CCNC(=NCc1c(CC)noc1CC)NCC1CCN(c2ccccc2OC)C1.I. The highest BCUT2D eigenvalue weighted by atomic mass is 127. The summed E-state index contributed by atoms with van der Waals surface area (Å²) < 4.78 is 11.0. The molecule has 0 amide bonds. The first kappa shape index (κ1) is 25.3. The number of para-hydroxylation sites is 2. The van der Waals surface area contributed by atoms with Crippen molar-refractivity contribution in [1.29, 1.82) is 0 Å². The Kier molecular flexibility index (Phi) is 10.4. The molecule has 2 N–H and O–H groups in total. The van der Waals surface area contributed by atoms with Gasteiger partial charge in [0, 0.05) is 38.2 Å². The van der Waals surface area contributed by atoms with Gasteiger partial charge in [0.15, 0.2) is 5.96 Å². The number of nitrogens with one attached hydrogen (secondary N) is 2. The predicted molar refractivity (Wildman–Crippen MR) is 137 cm³/mol. The van der Waals surface area contributed by atoms with Crippen molar-refractivity contribution in [2.24, 2.45) is 10.9 Å². The lowest BCUT2D eigenvalue weighted by Crippen LogP contribution is -2.40. The number of hydrogen-bond acceptors (Lipinski definition) is 5. The zero-order valence-corrected chi connectivity index (χ0v) is 21.4. The van der Waals surface area contributed by atoms with Gasteiger partial charge < -0.3 is 24.8 Å². The number of anilines is 1. The quantitative estimate of drug-likeness (QED) is 0.284. The molecule has 1 aliphatic rings. The van der Waals surface area contributed by atoms with Crippen LogP contribution in [0.3, 0.4) is 0 Å². The van der Waals surface area contributed by atoms with Crippen LogP contribution in [0.1, 0.15) is 44.2 Å². The first-order valence-electron chi connectivity index (χ1n) is 11.1. The molecule has 1 aromatic heterocycles. The Morgan fingerprint density at radius 1 is 1.23 bits per heavy atom. The van der Waals surface area contributed by atoms with E-state index in [1.165, 1.54) is 5.69 Å². The first-order chi connectivity index (χ1) is 14.7. The number of aromatic nitrogens is 1. The molecule has 0 bridgehead atoms. The van der Waals surface area contributed by atoms with E-state index in [4.69, 9.17) is 14.3 Å². The number of rotatable bonds is 9. The van der Waals surface area contributed by atoms with Gasteiger partial charge in [0.1, 0.15) is 11.5 Å². The van der Waals surface area contributed by atoms with Crippen LogP contribution in [0.25, 0.3) is 0 Å². The van der Waals surface area contributed by atoms with Crippen molar-refractivity contribution in [2.45, 2.75) is 46.6 Å². The standard InChI is InChI=1S/C23H35N5O2.HI/c1-5-19-18(21(6-2)30-27-19)15-26-23(24-7-3)25-14-17-12-13-28(16-17)20-10-8-9-11-22(20)29-4;/h8-11,17H,5-7,12-16H2,1-4H3,(H2,24,25,26);1H. The Hall–Kier alpha value is -1.97. The highest BCUT2D eigenvalue weighted by Gasteiger charge is 2.24. The minimum atomic E-state index is 0. The predicted octanol–water partition coefficient (Wildman–Crippen LogP) is 4.01. The van der Waals surface area contributed by atoms with Crippen molar-refractivity contribution in [3.8, 4) is 5.75 Å². The van der Waals surface area contributed by atoms with E-state index in [0.29, 0.717) is 12.5 Å². The maximum absolute atomic E-state index is 5.53. The molecule has 0 radical (unpaired) electrons. The number of aryl methyl sites for hydroxylation is 2. The summed E-state index contributed by atoms with van der Waals surface area (Å²) in [7, 11) is 1.73. The highest BCUT2D eigenvalue weighted by molar-refractivity contribution is 14.0. The molecule has 1 aromatic carbocycles. The zero-order valence-electron chi connectivity index (χ0n) is 19.1. The minimum Gasteiger partial charge on any atom is -0.495 e. The van der Waals surface area contributed by atoms with Gasteiger partial charge in [0.05, 0.1) is 25.0 Å². The summed E-state index contributed by atoms with van der Waals surface area (Å²) in [6.45, 7) is 10.6. The number of benzene rings is 1. The molecule has 2 aromatic rings. The summed E-state index contributed by atoms with van der Waals surface area (Å²) in [4.78, 5) is 7.21. The maximum Gasteiger partial charge on any atom is 0.191 e. The Bertz CT molecular complexity index is 818. The number of nitrogens with zero attached hydrogens (tertiary/aromatic N) is 3. The fourth-order valence-electron chi connectivity index (χ4n) is 3.97. The molecule has 1 aliphatic heterocycles. The molecular formula is C23H36IN5O2. The molecule has 0 saturated carbocycles. The molecule has 0 aliphatic carbocycles. The molecule has 1 saturated heterocycles. The van der Waals surface area contributed by atoms with Crippen molar-refractivity contribution in [1.82, 2.24) is 15.8 Å². The Balaban J connectivity index is 0.00000341. The van der Waals surface area contributed by atoms with Gasteiger partial charge in [0.25, 0.3) is 0 Å². The number of ether oxygens (including phenoxy) is 1. The normalized spacial score (nSPS) is 16.2. The Morgan fingerprint density at radius 3 is 2.74 bits per heavy atom. The van der Waals surface area contributed by atoms with Crippen LogP contribution >= 0.6 is 24.0 Å². The van der Waals surface area contributed by atoms with Crippen LogP contribution in [0.5, 0.6) is 5.75 Å². The van der Waals surface area contributed by atoms with Gasteiger partial charge in [0.2, 0.25) is 0 Å². The molecule has 0 spiro atoms. The van der Waals surface area contributed by atoms with E-state index >= 15 is 0 Å². The lowest BCUT2D eigenvalue weighted by molar-refractivity contribution is 0.380. The van der Waals surface area contributed by atoms with Crippen LogP contribution in [0.15, 0.2) is 33.8 Å². The third-order valence-corrected chi connectivity index (χ3v) is 5.62. The summed E-state index contributed by atoms with van der Waals surface area (Å²) in [5.41, 5.74) is 3.31. The fourth-order valence-corrected chi connectivity index (χ4v) is 3.97. The minimum absolute atomic E-state index is 0. The highest BCUT2D eigenvalue weighted by Crippen LogP contribution is 2.31. The van der Waals surface area contributed by atoms with Gasteiger partial charge in [-0.05, 0) is 37.8 Å². The van der Waals surface area contributed by atoms with E-state index < -0.39 is 0 Å². The molecule has 2 heterocycles. The van der Waals surface area contributed by atoms with Gasteiger partial charge in [-0.1, -0.05) is 31.1 Å². The third-order valence-electron chi connectivity index (χ3n) is 5.62. The molecule has 172 valence electrons. The monoisotopic (exact) mass is 541 g/mol. The molecule has 1 unspecified atom stereocenters. The zero-order chi connectivity index (χ0) is 21.3. The fraction of sp³-hybridized carbons (Fsp3) is 0.565. The molecule has 7 nitrogen and oxygen atoms in total. The molecule has 8 heteroatoms. The van der Waals surface area contributed by atoms with Gasteiger partial charge in [-0.15, -0.1) is 24.0 Å². The van der Waals surface area contributed by atoms with Crippen LogP contribution in [-0.4, -0.2) is 44.4 Å². The number of guanidine groups is 1. The number of aliphatic imine (C=N–C) groups is 1. The van der Waals surface area contributed by atoms with E-state index in [2.05, 4.69) is 53.6 Å². The van der Waals surface area contributed by atoms with Crippen LogP contribution in [0.4, 0.5) is 5.69 Å². The number of halogens is 1. The number of methoxy groups -OCH3 is 1. The van der Waals surface area contributed by atoms with E-state index in [0.717, 1.165) is 74.2 Å². The lowest BCUT2D eigenvalue weighted by atomic mass is 10.1. The molecule has 1 atom stereocenters. The summed E-state index contributed by atoms with van der Waals surface area (Å²) in [5, 5.41) is 11.1. The van der Waals surface area contributed by atoms with Gasteiger partial charge in [-0.25, -0.2) is 4.99 Å². The average molecular weight is 541 g/mol. The van der Waals surface area contributed by atoms with E-state index in [-0.39, 0.29) is 24.0 Å². The van der Waals surface area contributed by atoms with Crippen molar-refractivity contribution in [3.63, 3.8) is 0 Å². The molecule has 31 heavy (non-hydrogen) atoms. The van der Waals surface area contributed by atoms with Crippen LogP contribution in [-0.2, 0) is 19.4 Å². The van der Waals surface area contributed by atoms with E-state index in [9.17, 15) is 0 Å². The molecule has 1 fully saturated rings. The summed E-state index contributed by atoms with van der Waals surface area (Å²) in [5.74, 6) is 3.29. The van der Waals surface area contributed by atoms with E-state index in [1.807, 2.05) is 12.1 Å². The lowest BCUT2D eigenvalue weighted by Gasteiger charge is -2.21. The second kappa shape index (κ2) is 12.8. The summed E-state index contributed by atoms with van der Waals surface area (Å²) in [6.07, 6.45) is 2.85. The Morgan fingerprint density at radius 2 is 2.03 bits per heavy atom. The average Bonchev–Trinajstić information content (AvgIpc) is 3.42. The van der Waals surface area contributed by atoms with Crippen LogP contribution in [0.2, 0.25) is 0 Å². The van der Waals surface area contributed by atoms with Crippen LogP contribution in [0, 0.1) is 5.92 Å². The van der Waals surface area contributed by atoms with Crippen molar-refractivity contribution in [3.05, 3.63) is 41.3 Å². The second-order valence-electron chi connectivity index (χ2n) is 7.59. The van der Waals surface area contributed by atoms with Crippen molar-refractivity contribution >= 4 is 35.6 Å². The largest absolute Gasteiger partial charge is 0.495 e. The van der Waals surface area contributed by atoms with Crippen molar-refractivity contribution in [2.75, 3.05) is 38.2 Å². The summed E-state index contributed by atoms with van der Waals surface area (Å²) >= 11 is 0. The van der Waals surface area contributed by atoms with Gasteiger partial charge in [-0.3, -0.25) is 0 Å². The topological polar surface area (TPSA) is 74.9 Å². The first-order valence-corrected chi connectivity index (χ1v) is 11.1. The van der Waals surface area contributed by atoms with Gasteiger partial charge in [-0.2, -0.15) is 0 Å².